The first-order valence-corrected chi connectivity index (χ1v) is 11.9. The first-order valence-electron chi connectivity index (χ1n) is 11.9. The maximum atomic E-state index is 9.17. The Kier molecular flexibility index (Phi) is 15.7. The van der Waals surface area contributed by atoms with Gasteiger partial charge in [0.15, 0.2) is 5.76 Å². The average Bonchev–Trinajstić information content (AvgIpc) is 3.14. The van der Waals surface area contributed by atoms with Crippen molar-refractivity contribution in [3.63, 3.8) is 0 Å². The summed E-state index contributed by atoms with van der Waals surface area (Å²) in [5.74, 6) is 1.26. The van der Waals surface area contributed by atoms with Crippen molar-refractivity contribution in [2.75, 3.05) is 6.61 Å². The summed E-state index contributed by atoms with van der Waals surface area (Å²) in [4.78, 5) is 0. The summed E-state index contributed by atoms with van der Waals surface area (Å²) in [5, 5.41) is 9.17. The van der Waals surface area contributed by atoms with Gasteiger partial charge >= 0.3 is 0 Å². The third-order valence-corrected chi connectivity index (χ3v) is 5.75. The van der Waals surface area contributed by atoms with Crippen molar-refractivity contribution in [2.45, 2.75) is 129 Å². The Bertz CT molecular complexity index is 354. The summed E-state index contributed by atoms with van der Waals surface area (Å²) in [6.07, 6.45) is 24.2. The van der Waals surface area contributed by atoms with Crippen LogP contribution in [-0.2, 0) is 9.47 Å². The maximum Gasteiger partial charge on any atom is 0.240 e. The zero-order valence-electron chi connectivity index (χ0n) is 18.2. The first-order chi connectivity index (χ1) is 13.3. The Morgan fingerprint density at radius 2 is 1.26 bits per heavy atom. The largest absolute Gasteiger partial charge is 0.459 e. The zero-order chi connectivity index (χ0) is 19.6. The lowest BCUT2D eigenvalue weighted by Gasteiger charge is -2.20. The summed E-state index contributed by atoms with van der Waals surface area (Å²) in [6, 6.07) is 0. The van der Waals surface area contributed by atoms with Gasteiger partial charge in [-0.05, 0) is 5.92 Å². The quantitative estimate of drug-likeness (QED) is 0.235. The van der Waals surface area contributed by atoms with Gasteiger partial charge in [-0.15, -0.1) is 0 Å². The molecule has 0 bridgehead atoms. The van der Waals surface area contributed by atoms with E-state index in [4.69, 9.17) is 14.6 Å². The third-order valence-electron chi connectivity index (χ3n) is 5.75. The highest BCUT2D eigenvalue weighted by Gasteiger charge is 2.23. The fourth-order valence-corrected chi connectivity index (χ4v) is 3.99. The number of hydrogen-bond acceptors (Lipinski definition) is 3. The van der Waals surface area contributed by atoms with Crippen LogP contribution in [0.15, 0.2) is 12.0 Å². The molecule has 160 valence electrons. The second kappa shape index (κ2) is 17.4. The third kappa shape index (κ3) is 13.2. The molecule has 1 aliphatic heterocycles. The Balaban J connectivity index is 2.18. The normalized spacial score (nSPS) is 17.4. The van der Waals surface area contributed by atoms with Gasteiger partial charge in [-0.3, -0.25) is 0 Å². The van der Waals surface area contributed by atoms with Gasteiger partial charge in [0.2, 0.25) is 6.29 Å². The van der Waals surface area contributed by atoms with Crippen molar-refractivity contribution >= 4 is 0 Å². The summed E-state index contributed by atoms with van der Waals surface area (Å²) in [7, 11) is 0. The molecule has 2 atom stereocenters. The Labute approximate surface area is 168 Å². The predicted molar refractivity (Wildman–Crippen MR) is 114 cm³/mol. The van der Waals surface area contributed by atoms with E-state index in [-0.39, 0.29) is 12.9 Å². The second-order valence-corrected chi connectivity index (χ2v) is 8.35. The molecule has 0 aromatic rings. The van der Waals surface area contributed by atoms with Crippen LogP contribution in [0, 0.1) is 5.92 Å². The van der Waals surface area contributed by atoms with E-state index in [1.165, 1.54) is 103 Å². The molecule has 1 aliphatic rings. The van der Waals surface area contributed by atoms with Crippen LogP contribution in [0.1, 0.15) is 123 Å². The SMILES string of the molecule is CCCCCCCCCCC(CCCCCCCC)CC1OC=C(CO)O1. The molecule has 0 aliphatic carbocycles. The summed E-state index contributed by atoms with van der Waals surface area (Å²) < 4.78 is 11.3. The van der Waals surface area contributed by atoms with E-state index in [0.717, 1.165) is 6.42 Å². The minimum absolute atomic E-state index is 0.0589. The molecule has 3 nitrogen and oxygen atoms in total. The van der Waals surface area contributed by atoms with Gasteiger partial charge in [-0.2, -0.15) is 0 Å². The molecular formula is C24H46O3. The number of aliphatic hydroxyl groups excluding tert-OH is 1. The molecule has 0 radical (unpaired) electrons. The second-order valence-electron chi connectivity index (χ2n) is 8.35. The fourth-order valence-electron chi connectivity index (χ4n) is 3.99. The molecule has 0 saturated carbocycles. The van der Waals surface area contributed by atoms with Crippen molar-refractivity contribution in [1.82, 2.24) is 0 Å². The minimum Gasteiger partial charge on any atom is -0.459 e. The van der Waals surface area contributed by atoms with Gasteiger partial charge in [-0.25, -0.2) is 0 Å². The number of unbranched alkanes of at least 4 members (excludes halogenated alkanes) is 12. The molecule has 3 heteroatoms. The fraction of sp³-hybridized carbons (Fsp3) is 0.917. The number of rotatable bonds is 19. The van der Waals surface area contributed by atoms with Gasteiger partial charge in [0, 0.05) is 6.42 Å². The summed E-state index contributed by atoms with van der Waals surface area (Å²) >= 11 is 0. The lowest BCUT2D eigenvalue weighted by Crippen LogP contribution is -2.16. The molecular weight excluding hydrogens is 336 g/mol. The Morgan fingerprint density at radius 3 is 1.70 bits per heavy atom. The van der Waals surface area contributed by atoms with Crippen molar-refractivity contribution in [3.8, 4) is 0 Å². The van der Waals surface area contributed by atoms with E-state index in [1.54, 1.807) is 6.26 Å². The topological polar surface area (TPSA) is 38.7 Å². The van der Waals surface area contributed by atoms with Crippen LogP contribution >= 0.6 is 0 Å². The first kappa shape index (κ1) is 24.3. The van der Waals surface area contributed by atoms with Crippen LogP contribution in [0.3, 0.4) is 0 Å². The van der Waals surface area contributed by atoms with Gasteiger partial charge in [0.1, 0.15) is 12.9 Å². The van der Waals surface area contributed by atoms with E-state index in [1.807, 2.05) is 0 Å². The van der Waals surface area contributed by atoms with Crippen molar-refractivity contribution in [2.24, 2.45) is 5.92 Å². The van der Waals surface area contributed by atoms with E-state index in [9.17, 15) is 0 Å². The number of hydrogen-bond donors (Lipinski definition) is 1. The summed E-state index contributed by atoms with van der Waals surface area (Å²) in [5.41, 5.74) is 0. The van der Waals surface area contributed by atoms with Crippen molar-refractivity contribution < 1.29 is 14.6 Å². The van der Waals surface area contributed by atoms with Gasteiger partial charge in [-0.1, -0.05) is 117 Å². The van der Waals surface area contributed by atoms with Crippen LogP contribution in [0.5, 0.6) is 0 Å². The molecule has 0 aromatic carbocycles. The molecule has 2 unspecified atom stereocenters. The van der Waals surface area contributed by atoms with E-state index < -0.39 is 0 Å². The smallest absolute Gasteiger partial charge is 0.240 e. The maximum absolute atomic E-state index is 9.17. The number of ether oxygens (including phenoxy) is 2. The molecule has 1 heterocycles. The predicted octanol–water partition coefficient (Wildman–Crippen LogP) is 7.48. The van der Waals surface area contributed by atoms with E-state index >= 15 is 0 Å². The van der Waals surface area contributed by atoms with Gasteiger partial charge < -0.3 is 14.6 Å². The minimum atomic E-state index is -0.175. The van der Waals surface area contributed by atoms with Crippen LogP contribution in [0.2, 0.25) is 0 Å². The Morgan fingerprint density at radius 1 is 0.778 bits per heavy atom. The molecule has 0 amide bonds. The van der Waals surface area contributed by atoms with E-state index in [2.05, 4.69) is 13.8 Å². The average molecular weight is 383 g/mol. The van der Waals surface area contributed by atoms with Crippen LogP contribution in [0.4, 0.5) is 0 Å². The molecule has 0 aromatic heterocycles. The van der Waals surface area contributed by atoms with Crippen molar-refractivity contribution in [3.05, 3.63) is 12.0 Å². The molecule has 1 N–H and O–H groups in total. The van der Waals surface area contributed by atoms with E-state index in [0.29, 0.717) is 11.7 Å². The van der Waals surface area contributed by atoms with Crippen LogP contribution < -0.4 is 0 Å². The monoisotopic (exact) mass is 382 g/mol. The highest BCUT2D eigenvalue weighted by Crippen LogP contribution is 2.27. The van der Waals surface area contributed by atoms with Crippen molar-refractivity contribution in [1.29, 1.82) is 0 Å². The molecule has 0 spiro atoms. The Hall–Kier alpha value is -0.700. The van der Waals surface area contributed by atoms with Gasteiger partial charge in [0.25, 0.3) is 0 Å². The lowest BCUT2D eigenvalue weighted by molar-refractivity contribution is -0.0538. The number of aliphatic hydroxyl groups is 1. The molecule has 27 heavy (non-hydrogen) atoms. The zero-order valence-corrected chi connectivity index (χ0v) is 18.2. The molecule has 0 fully saturated rings. The lowest BCUT2D eigenvalue weighted by atomic mass is 9.91. The van der Waals surface area contributed by atoms with Gasteiger partial charge in [0.05, 0.1) is 0 Å². The summed E-state index contributed by atoms with van der Waals surface area (Å²) in [6.45, 7) is 4.49. The molecule has 0 saturated heterocycles. The van der Waals surface area contributed by atoms with Crippen LogP contribution in [0.25, 0.3) is 0 Å². The standard InChI is InChI=1S/C24H46O3/c1-3-5-7-9-11-12-14-16-18-22(17-15-13-10-8-6-4-2)19-24-26-21-23(20-25)27-24/h21-22,24-25H,3-20H2,1-2H3. The highest BCUT2D eigenvalue weighted by molar-refractivity contribution is 4.92. The van der Waals surface area contributed by atoms with Crippen LogP contribution in [-0.4, -0.2) is 18.0 Å². The highest BCUT2D eigenvalue weighted by atomic mass is 16.7. The molecule has 1 rings (SSSR count).